The van der Waals surface area contributed by atoms with Crippen molar-refractivity contribution < 1.29 is 42.1 Å². The van der Waals surface area contributed by atoms with Crippen LogP contribution in [0.5, 0.6) is 0 Å². The minimum Gasteiger partial charge on any atom is -0.462 e. The van der Waals surface area contributed by atoms with E-state index in [0.717, 1.165) is 57.8 Å². The van der Waals surface area contributed by atoms with Crippen molar-refractivity contribution in [2.24, 2.45) is 0 Å². The fourth-order valence-electron chi connectivity index (χ4n) is 5.82. The van der Waals surface area contributed by atoms with Gasteiger partial charge in [-0.2, -0.15) is 0 Å². The van der Waals surface area contributed by atoms with Crippen molar-refractivity contribution in [2.75, 3.05) is 47.5 Å². The van der Waals surface area contributed by atoms with Gasteiger partial charge in [0, 0.05) is 12.8 Å². The van der Waals surface area contributed by atoms with Crippen molar-refractivity contribution in [3.05, 3.63) is 48.6 Å². The van der Waals surface area contributed by atoms with Gasteiger partial charge < -0.3 is 18.9 Å². The first-order valence-corrected chi connectivity index (χ1v) is 23.9. The van der Waals surface area contributed by atoms with Gasteiger partial charge in [-0.25, -0.2) is 4.57 Å². The van der Waals surface area contributed by atoms with Crippen LogP contribution in [0.1, 0.15) is 181 Å². The van der Waals surface area contributed by atoms with Crippen LogP contribution in [0.15, 0.2) is 48.6 Å². The Morgan fingerprint density at radius 3 is 1.46 bits per heavy atom. The summed E-state index contributed by atoms with van der Waals surface area (Å²) in [6, 6.07) is 0. The summed E-state index contributed by atoms with van der Waals surface area (Å²) in [5.41, 5.74) is 0. The minimum atomic E-state index is -4.38. The largest absolute Gasteiger partial charge is 0.472 e. The van der Waals surface area contributed by atoms with Gasteiger partial charge in [-0.3, -0.25) is 18.6 Å². The van der Waals surface area contributed by atoms with Gasteiger partial charge in [-0.15, -0.1) is 0 Å². The number of allylic oxidation sites excluding steroid dienone is 8. The van der Waals surface area contributed by atoms with Crippen molar-refractivity contribution in [3.63, 3.8) is 0 Å². The summed E-state index contributed by atoms with van der Waals surface area (Å²) in [5, 5.41) is 0. The SMILES string of the molecule is CCCCC/C=C\C/C=C\C/C=C\C/C=C\CCCCCC(=O)O[C@H](COC(=O)CCCCCCCCCCCCCCC)COP(=O)(O)OCC[N+](C)(C)C. The van der Waals surface area contributed by atoms with E-state index in [1.807, 2.05) is 21.1 Å². The molecule has 0 fully saturated rings. The van der Waals surface area contributed by atoms with E-state index in [1.165, 1.54) is 89.9 Å². The van der Waals surface area contributed by atoms with E-state index < -0.39 is 26.5 Å². The zero-order chi connectivity index (χ0) is 41.4. The molecule has 0 saturated carbocycles. The van der Waals surface area contributed by atoms with Crippen LogP contribution in [-0.2, 0) is 32.7 Å². The van der Waals surface area contributed by atoms with Crippen molar-refractivity contribution in [1.82, 2.24) is 0 Å². The Balaban J connectivity index is 4.42. The number of phosphoric acid groups is 1. The van der Waals surface area contributed by atoms with Crippen LogP contribution in [0.4, 0.5) is 0 Å². The van der Waals surface area contributed by atoms with Gasteiger partial charge in [0.05, 0.1) is 27.7 Å². The normalized spacial score (nSPS) is 14.0. The Labute approximate surface area is 343 Å². The molecule has 0 aromatic rings. The number of unbranched alkanes of at least 4 members (excludes halogenated alkanes) is 18. The molecule has 0 aliphatic rings. The van der Waals surface area contributed by atoms with Gasteiger partial charge >= 0.3 is 19.8 Å². The molecule has 1 unspecified atom stereocenters. The lowest BCUT2D eigenvalue weighted by atomic mass is 10.0. The molecule has 0 aliphatic carbocycles. The third-order valence-electron chi connectivity index (χ3n) is 9.36. The number of hydrogen-bond donors (Lipinski definition) is 1. The molecule has 0 spiro atoms. The Kier molecular flexibility index (Phi) is 37.1. The molecule has 10 heteroatoms. The number of carbonyl (C=O) groups is 2. The number of carbonyl (C=O) groups excluding carboxylic acids is 2. The number of nitrogens with zero attached hydrogens (tertiary/aromatic N) is 1. The van der Waals surface area contributed by atoms with Crippen LogP contribution in [0.3, 0.4) is 0 Å². The summed E-state index contributed by atoms with van der Waals surface area (Å²) in [4.78, 5) is 35.3. The minimum absolute atomic E-state index is 0.0247. The van der Waals surface area contributed by atoms with Gasteiger partial charge in [0.1, 0.15) is 19.8 Å². The molecule has 2 atom stereocenters. The van der Waals surface area contributed by atoms with E-state index in [-0.39, 0.29) is 32.0 Å². The third-order valence-corrected chi connectivity index (χ3v) is 10.3. The summed E-state index contributed by atoms with van der Waals surface area (Å²) < 4.78 is 34.3. The Morgan fingerprint density at radius 1 is 0.554 bits per heavy atom. The first-order chi connectivity index (χ1) is 27.0. The number of rotatable bonds is 40. The van der Waals surface area contributed by atoms with Crippen LogP contribution in [-0.4, -0.2) is 74.9 Å². The highest BCUT2D eigenvalue weighted by molar-refractivity contribution is 7.47. The number of ether oxygens (including phenoxy) is 2. The summed E-state index contributed by atoms with van der Waals surface area (Å²) in [6.07, 6.45) is 44.4. The maximum absolute atomic E-state index is 12.7. The van der Waals surface area contributed by atoms with Crippen molar-refractivity contribution in [3.8, 4) is 0 Å². The molecule has 0 bridgehead atoms. The van der Waals surface area contributed by atoms with Gasteiger partial charge in [0.25, 0.3) is 0 Å². The van der Waals surface area contributed by atoms with Gasteiger partial charge in [-0.1, -0.05) is 159 Å². The number of quaternary nitrogens is 1. The van der Waals surface area contributed by atoms with Gasteiger partial charge in [0.15, 0.2) is 6.10 Å². The molecule has 0 aromatic heterocycles. The van der Waals surface area contributed by atoms with Crippen LogP contribution < -0.4 is 0 Å². The highest BCUT2D eigenvalue weighted by atomic mass is 31.2. The number of hydrogen-bond acceptors (Lipinski definition) is 7. The monoisotopic (exact) mass is 811 g/mol. The summed E-state index contributed by atoms with van der Waals surface area (Å²) in [7, 11) is 1.45. The second-order valence-electron chi connectivity index (χ2n) is 16.1. The highest BCUT2D eigenvalue weighted by Gasteiger charge is 2.27. The van der Waals surface area contributed by atoms with Gasteiger partial charge in [0.2, 0.25) is 0 Å². The zero-order valence-corrected chi connectivity index (χ0v) is 37.5. The average Bonchev–Trinajstić information content (AvgIpc) is 3.15. The molecule has 326 valence electrons. The van der Waals surface area contributed by atoms with E-state index in [1.54, 1.807) is 0 Å². The lowest BCUT2D eigenvalue weighted by molar-refractivity contribution is -0.870. The van der Waals surface area contributed by atoms with E-state index in [9.17, 15) is 19.0 Å². The topological polar surface area (TPSA) is 108 Å². The molecule has 0 radical (unpaired) electrons. The number of likely N-dealkylation sites (N-methyl/N-ethyl adjacent to an activating group) is 1. The second kappa shape index (κ2) is 38.5. The maximum Gasteiger partial charge on any atom is 0.472 e. The number of phosphoric ester groups is 1. The smallest absolute Gasteiger partial charge is 0.462 e. The Morgan fingerprint density at radius 2 is 0.964 bits per heavy atom. The molecule has 0 heterocycles. The average molecular weight is 811 g/mol. The maximum atomic E-state index is 12.7. The molecule has 0 amide bonds. The van der Waals surface area contributed by atoms with Crippen molar-refractivity contribution in [1.29, 1.82) is 0 Å². The second-order valence-corrected chi connectivity index (χ2v) is 17.5. The van der Waals surface area contributed by atoms with Gasteiger partial charge in [-0.05, 0) is 57.8 Å². The first kappa shape index (κ1) is 54.0. The molecule has 9 nitrogen and oxygen atoms in total. The molecule has 0 aromatic carbocycles. The number of esters is 2. The predicted octanol–water partition coefficient (Wildman–Crippen LogP) is 12.7. The Bertz CT molecular complexity index is 1100. The highest BCUT2D eigenvalue weighted by Crippen LogP contribution is 2.43. The predicted molar refractivity (Wildman–Crippen MR) is 233 cm³/mol. The van der Waals surface area contributed by atoms with E-state index in [4.69, 9.17) is 18.5 Å². The summed E-state index contributed by atoms with van der Waals surface area (Å²) in [6.45, 7) is 4.35. The molecule has 0 aliphatic heterocycles. The van der Waals surface area contributed by atoms with E-state index in [2.05, 4.69) is 62.5 Å². The standard InChI is InChI=1S/C46H84NO8P/c1-6-8-10-12-14-16-18-20-21-22-23-24-25-27-29-31-33-35-37-39-46(49)55-44(43-54-56(50,51)53-41-40-47(3,4)5)42-52-45(48)38-36-34-32-30-28-26-19-17-15-13-11-9-7-2/h14,16,20-21,23-24,27,29,44H,6-13,15,17-19,22,25-26,28,30-43H2,1-5H3/p+1/b16-14-,21-20-,24-23-,29-27-/t44-/m1/s1. The Hall–Kier alpha value is -2.03. The molecular weight excluding hydrogens is 725 g/mol. The van der Waals surface area contributed by atoms with E-state index >= 15 is 0 Å². The molecule has 56 heavy (non-hydrogen) atoms. The quantitative estimate of drug-likeness (QED) is 0.0214. The van der Waals surface area contributed by atoms with Crippen LogP contribution in [0.2, 0.25) is 0 Å². The van der Waals surface area contributed by atoms with Crippen LogP contribution in [0, 0.1) is 0 Å². The van der Waals surface area contributed by atoms with Crippen LogP contribution >= 0.6 is 7.82 Å². The fraction of sp³-hybridized carbons (Fsp3) is 0.783. The molecule has 1 N–H and O–H groups in total. The lowest BCUT2D eigenvalue weighted by Crippen LogP contribution is -2.37. The van der Waals surface area contributed by atoms with Crippen molar-refractivity contribution >= 4 is 19.8 Å². The summed E-state index contributed by atoms with van der Waals surface area (Å²) >= 11 is 0. The third kappa shape index (κ3) is 41.6. The molecule has 0 saturated heterocycles. The molecular formula is C46H85NO8P+. The summed E-state index contributed by atoms with van der Waals surface area (Å²) in [5.74, 6) is -0.833. The fourth-order valence-corrected chi connectivity index (χ4v) is 6.56. The first-order valence-electron chi connectivity index (χ1n) is 22.4. The molecule has 0 rings (SSSR count). The van der Waals surface area contributed by atoms with Crippen molar-refractivity contribution in [2.45, 2.75) is 187 Å². The lowest BCUT2D eigenvalue weighted by Gasteiger charge is -2.24. The van der Waals surface area contributed by atoms with E-state index in [0.29, 0.717) is 17.4 Å². The van der Waals surface area contributed by atoms with Crippen LogP contribution in [0.25, 0.3) is 0 Å². The zero-order valence-electron chi connectivity index (χ0n) is 36.6.